The Morgan fingerprint density at radius 1 is 0.969 bits per heavy atom. The first-order chi connectivity index (χ1) is 15.1. The van der Waals surface area contributed by atoms with E-state index in [0.717, 1.165) is 0 Å². The topological polar surface area (TPSA) is 114 Å². The van der Waals surface area contributed by atoms with E-state index in [2.05, 4.69) is 20.0 Å². The zero-order chi connectivity index (χ0) is 23.0. The van der Waals surface area contributed by atoms with E-state index < -0.39 is 21.7 Å². The van der Waals surface area contributed by atoms with Crippen LogP contribution in [0.4, 0.5) is 16.0 Å². The fraction of sp³-hybridized carbons (Fsp3) is 0.136. The molecule has 0 aliphatic carbocycles. The number of benzene rings is 2. The minimum Gasteiger partial charge on any atom is -0.451 e. The van der Waals surface area contributed by atoms with Gasteiger partial charge < -0.3 is 9.73 Å². The number of aryl methyl sites for hydroxylation is 3. The van der Waals surface area contributed by atoms with Crippen LogP contribution in [0.3, 0.4) is 0 Å². The molecule has 0 saturated heterocycles. The van der Waals surface area contributed by atoms with Crippen LogP contribution in [-0.4, -0.2) is 24.3 Å². The van der Waals surface area contributed by atoms with Gasteiger partial charge in [-0.3, -0.25) is 4.79 Å². The summed E-state index contributed by atoms with van der Waals surface area (Å²) < 4.78 is 46.6. The van der Waals surface area contributed by atoms with Crippen LogP contribution in [0.2, 0.25) is 0 Å². The smallest absolute Gasteiger partial charge is 0.291 e. The van der Waals surface area contributed by atoms with Crippen molar-refractivity contribution >= 4 is 38.5 Å². The first-order valence-corrected chi connectivity index (χ1v) is 11.1. The Hall–Kier alpha value is -3.79. The number of nitrogens with one attached hydrogen (secondary N) is 2. The van der Waals surface area contributed by atoms with Crippen molar-refractivity contribution in [3.63, 3.8) is 0 Å². The molecule has 2 aromatic heterocycles. The largest absolute Gasteiger partial charge is 0.451 e. The summed E-state index contributed by atoms with van der Waals surface area (Å²) in [5.41, 5.74) is 2.54. The van der Waals surface area contributed by atoms with Gasteiger partial charge in [0, 0.05) is 28.0 Å². The van der Waals surface area contributed by atoms with Crippen molar-refractivity contribution in [3.05, 3.63) is 77.1 Å². The number of fused-ring (bicyclic) bond motifs is 1. The van der Waals surface area contributed by atoms with Crippen LogP contribution in [0.5, 0.6) is 0 Å². The Kier molecular flexibility index (Phi) is 5.39. The summed E-state index contributed by atoms with van der Waals surface area (Å²) in [5, 5.41) is 3.16. The van der Waals surface area contributed by atoms with Crippen LogP contribution in [0.1, 0.15) is 27.5 Å². The van der Waals surface area contributed by atoms with Crippen molar-refractivity contribution < 1.29 is 22.0 Å². The molecule has 0 radical (unpaired) electrons. The predicted octanol–water partition coefficient (Wildman–Crippen LogP) is 4.34. The molecule has 2 aromatic carbocycles. The monoisotopic (exact) mass is 454 g/mol. The summed E-state index contributed by atoms with van der Waals surface area (Å²) in [7, 11) is -3.91. The number of hydrogen-bond acceptors (Lipinski definition) is 6. The van der Waals surface area contributed by atoms with E-state index in [1.54, 1.807) is 26.8 Å². The van der Waals surface area contributed by atoms with Gasteiger partial charge >= 0.3 is 0 Å². The van der Waals surface area contributed by atoms with Gasteiger partial charge in [-0.1, -0.05) is 0 Å². The number of carbonyl (C=O) groups is 1. The van der Waals surface area contributed by atoms with Gasteiger partial charge in [0.25, 0.3) is 15.9 Å². The molecular formula is C22H19FN4O4S. The minimum absolute atomic E-state index is 0.0170. The number of furan rings is 1. The van der Waals surface area contributed by atoms with Gasteiger partial charge in [-0.05, 0) is 69.3 Å². The molecule has 2 heterocycles. The Morgan fingerprint density at radius 3 is 2.28 bits per heavy atom. The number of rotatable bonds is 5. The van der Waals surface area contributed by atoms with Gasteiger partial charge in [-0.2, -0.15) is 0 Å². The molecule has 0 spiro atoms. The van der Waals surface area contributed by atoms with Crippen molar-refractivity contribution in [3.8, 4) is 0 Å². The molecule has 1 amide bonds. The van der Waals surface area contributed by atoms with Gasteiger partial charge in [0.05, 0.1) is 4.90 Å². The van der Waals surface area contributed by atoms with Crippen LogP contribution < -0.4 is 10.0 Å². The quantitative estimate of drug-likeness (QED) is 0.464. The van der Waals surface area contributed by atoms with Crippen molar-refractivity contribution in [1.29, 1.82) is 0 Å². The van der Waals surface area contributed by atoms with Crippen LogP contribution in [0.25, 0.3) is 11.0 Å². The molecule has 0 fully saturated rings. The molecule has 0 aliphatic heterocycles. The van der Waals surface area contributed by atoms with Gasteiger partial charge in [-0.25, -0.2) is 27.5 Å². The fourth-order valence-electron chi connectivity index (χ4n) is 3.27. The van der Waals surface area contributed by atoms with E-state index >= 15 is 0 Å². The van der Waals surface area contributed by atoms with Gasteiger partial charge in [-0.15, -0.1) is 0 Å². The first-order valence-electron chi connectivity index (χ1n) is 9.57. The fourth-order valence-corrected chi connectivity index (χ4v) is 4.21. The van der Waals surface area contributed by atoms with Crippen LogP contribution >= 0.6 is 0 Å². The number of sulfonamides is 1. The van der Waals surface area contributed by atoms with Crippen LogP contribution in [0.15, 0.2) is 57.8 Å². The summed E-state index contributed by atoms with van der Waals surface area (Å²) in [5.74, 6) is -0.922. The lowest BCUT2D eigenvalue weighted by Gasteiger charge is -2.09. The highest BCUT2D eigenvalue weighted by molar-refractivity contribution is 7.92. The van der Waals surface area contributed by atoms with Gasteiger partial charge in [0.2, 0.25) is 5.95 Å². The van der Waals surface area contributed by atoms with E-state index in [1.165, 1.54) is 42.5 Å². The standard InChI is InChI=1S/C22H19FN4O4S/c1-12-10-13(2)25-22(24-12)27-32(29,30)17-7-5-16(6-8-17)26-21(28)20-14(3)18-11-15(23)4-9-19(18)31-20/h4-11H,1-3H3,(H,26,28)(H,24,25,27). The molecule has 0 unspecified atom stereocenters. The number of amides is 1. The average Bonchev–Trinajstić information content (AvgIpc) is 3.03. The summed E-state index contributed by atoms with van der Waals surface area (Å²) >= 11 is 0. The molecule has 164 valence electrons. The number of anilines is 2. The third kappa shape index (κ3) is 4.30. The lowest BCUT2D eigenvalue weighted by Crippen LogP contribution is -2.16. The maximum Gasteiger partial charge on any atom is 0.291 e. The summed E-state index contributed by atoms with van der Waals surface area (Å²) in [6.45, 7) is 5.14. The first kappa shape index (κ1) is 21.4. The predicted molar refractivity (Wildman–Crippen MR) is 118 cm³/mol. The van der Waals surface area contributed by atoms with Crippen molar-refractivity contribution in [2.75, 3.05) is 10.0 Å². The van der Waals surface area contributed by atoms with Crippen LogP contribution in [-0.2, 0) is 10.0 Å². The number of nitrogens with zero attached hydrogens (tertiary/aromatic N) is 2. The number of hydrogen-bond donors (Lipinski definition) is 2. The maximum absolute atomic E-state index is 13.5. The normalized spacial score (nSPS) is 11.5. The van der Waals surface area contributed by atoms with Crippen LogP contribution in [0, 0.1) is 26.6 Å². The molecular weight excluding hydrogens is 435 g/mol. The molecule has 4 aromatic rings. The molecule has 10 heteroatoms. The van der Waals surface area contributed by atoms with E-state index in [0.29, 0.717) is 33.6 Å². The maximum atomic E-state index is 13.5. The lowest BCUT2D eigenvalue weighted by molar-refractivity contribution is 0.0998. The molecule has 0 aliphatic rings. The molecule has 0 atom stereocenters. The Morgan fingerprint density at radius 2 is 1.62 bits per heavy atom. The van der Waals surface area contributed by atoms with Gasteiger partial charge in [0.15, 0.2) is 5.76 Å². The van der Waals surface area contributed by atoms with E-state index in [1.807, 2.05) is 0 Å². The number of aromatic nitrogens is 2. The minimum atomic E-state index is -3.91. The second-order valence-electron chi connectivity index (χ2n) is 7.25. The molecule has 0 saturated carbocycles. The second kappa shape index (κ2) is 8.04. The molecule has 2 N–H and O–H groups in total. The third-order valence-electron chi connectivity index (χ3n) is 4.73. The zero-order valence-electron chi connectivity index (χ0n) is 17.4. The number of halogens is 1. The SMILES string of the molecule is Cc1cc(C)nc(NS(=O)(=O)c2ccc(NC(=O)c3oc4ccc(F)cc4c3C)cc2)n1. The molecule has 0 bridgehead atoms. The highest BCUT2D eigenvalue weighted by atomic mass is 32.2. The Labute approximate surface area is 183 Å². The highest BCUT2D eigenvalue weighted by Gasteiger charge is 2.20. The molecule has 32 heavy (non-hydrogen) atoms. The van der Waals surface area contributed by atoms with E-state index in [9.17, 15) is 17.6 Å². The Balaban J connectivity index is 1.52. The summed E-state index contributed by atoms with van der Waals surface area (Å²) in [6, 6.07) is 11.3. The van der Waals surface area contributed by atoms with E-state index in [4.69, 9.17) is 4.42 Å². The van der Waals surface area contributed by atoms with E-state index in [-0.39, 0.29) is 16.6 Å². The Bertz CT molecular complexity index is 1430. The number of carbonyl (C=O) groups excluding carboxylic acids is 1. The second-order valence-corrected chi connectivity index (χ2v) is 8.94. The summed E-state index contributed by atoms with van der Waals surface area (Å²) in [6.07, 6.45) is 0. The lowest BCUT2D eigenvalue weighted by atomic mass is 10.1. The van der Waals surface area contributed by atoms with Gasteiger partial charge in [0.1, 0.15) is 11.4 Å². The highest BCUT2D eigenvalue weighted by Crippen LogP contribution is 2.27. The summed E-state index contributed by atoms with van der Waals surface area (Å²) in [4.78, 5) is 20.8. The molecule has 8 nitrogen and oxygen atoms in total. The molecule has 4 rings (SSSR count). The zero-order valence-corrected chi connectivity index (χ0v) is 18.2. The van der Waals surface area contributed by atoms with Crippen molar-refractivity contribution in [2.24, 2.45) is 0 Å². The van der Waals surface area contributed by atoms with Crippen molar-refractivity contribution in [1.82, 2.24) is 9.97 Å². The van der Waals surface area contributed by atoms with Crippen molar-refractivity contribution in [2.45, 2.75) is 25.7 Å². The average molecular weight is 454 g/mol. The third-order valence-corrected chi connectivity index (χ3v) is 6.08.